The van der Waals surface area contributed by atoms with E-state index in [-0.39, 0.29) is 25.0 Å². The summed E-state index contributed by atoms with van der Waals surface area (Å²) in [6.45, 7) is 5.73. The van der Waals surface area contributed by atoms with Gasteiger partial charge in [-0.2, -0.15) is 0 Å². The third-order valence-corrected chi connectivity index (χ3v) is 4.43. The van der Waals surface area contributed by atoms with Gasteiger partial charge in [0.2, 0.25) is 0 Å². The van der Waals surface area contributed by atoms with Gasteiger partial charge >= 0.3 is 5.97 Å². The number of benzene rings is 1. The number of nitrogens with one attached hydrogen (secondary N) is 2. The van der Waals surface area contributed by atoms with Crippen LogP contribution in [0.25, 0.3) is 0 Å². The van der Waals surface area contributed by atoms with Gasteiger partial charge in [0.15, 0.2) is 0 Å². The standard InChI is InChI=1S/C19H26N2O3/c1-4-24-17(22)11-21-19(23)15-9-8-14(13-6-5-7-13)10-16(15)18(20)12(2)3/h8-10,12-13,20H,4-7,11H2,1-3H3,(H,21,23). The number of carbonyl (C=O) groups is 2. The average molecular weight is 330 g/mol. The van der Waals surface area contributed by atoms with E-state index in [0.717, 1.165) is 0 Å². The fourth-order valence-electron chi connectivity index (χ4n) is 2.75. The number of carbonyl (C=O) groups excluding carboxylic acids is 2. The molecule has 0 aromatic heterocycles. The van der Waals surface area contributed by atoms with Crippen molar-refractivity contribution in [1.29, 1.82) is 5.41 Å². The van der Waals surface area contributed by atoms with E-state index in [2.05, 4.69) is 5.32 Å². The van der Waals surface area contributed by atoms with E-state index in [4.69, 9.17) is 10.1 Å². The Morgan fingerprint density at radius 2 is 2.00 bits per heavy atom. The van der Waals surface area contributed by atoms with Gasteiger partial charge in [0, 0.05) is 16.8 Å². The van der Waals surface area contributed by atoms with Crippen molar-refractivity contribution in [2.75, 3.05) is 13.2 Å². The molecule has 1 fully saturated rings. The van der Waals surface area contributed by atoms with Crippen LogP contribution in [0.3, 0.4) is 0 Å². The fourth-order valence-corrected chi connectivity index (χ4v) is 2.75. The number of ether oxygens (including phenoxy) is 1. The normalized spacial score (nSPS) is 14.2. The van der Waals surface area contributed by atoms with Gasteiger partial charge < -0.3 is 15.5 Å². The smallest absolute Gasteiger partial charge is 0.325 e. The zero-order valence-corrected chi connectivity index (χ0v) is 14.6. The zero-order chi connectivity index (χ0) is 17.7. The molecule has 1 amide bonds. The summed E-state index contributed by atoms with van der Waals surface area (Å²) in [5, 5.41) is 10.9. The van der Waals surface area contributed by atoms with E-state index in [1.807, 2.05) is 26.0 Å². The van der Waals surface area contributed by atoms with E-state index in [9.17, 15) is 9.59 Å². The highest BCUT2D eigenvalue weighted by atomic mass is 16.5. The first-order chi connectivity index (χ1) is 11.4. The molecule has 1 aromatic rings. The first-order valence-electron chi connectivity index (χ1n) is 8.60. The molecule has 2 N–H and O–H groups in total. The minimum Gasteiger partial charge on any atom is -0.465 e. The number of amides is 1. The second-order valence-corrected chi connectivity index (χ2v) is 6.49. The van der Waals surface area contributed by atoms with Gasteiger partial charge in [-0.25, -0.2) is 0 Å². The molecule has 0 radical (unpaired) electrons. The summed E-state index contributed by atoms with van der Waals surface area (Å²) in [5.74, 6) is -0.236. The minimum atomic E-state index is -0.461. The highest BCUT2D eigenvalue weighted by Crippen LogP contribution is 2.37. The Morgan fingerprint density at radius 1 is 1.29 bits per heavy atom. The van der Waals surface area contributed by atoms with Crippen molar-refractivity contribution in [3.05, 3.63) is 34.9 Å². The van der Waals surface area contributed by atoms with Crippen molar-refractivity contribution in [1.82, 2.24) is 5.32 Å². The van der Waals surface area contributed by atoms with Crippen LogP contribution in [0.15, 0.2) is 18.2 Å². The van der Waals surface area contributed by atoms with Gasteiger partial charge in [-0.1, -0.05) is 26.3 Å². The largest absolute Gasteiger partial charge is 0.465 e. The lowest BCUT2D eigenvalue weighted by Crippen LogP contribution is -2.32. The quantitative estimate of drug-likeness (QED) is 0.595. The molecule has 1 saturated carbocycles. The Hall–Kier alpha value is -2.17. The molecule has 0 atom stereocenters. The van der Waals surface area contributed by atoms with Gasteiger partial charge in [-0.05, 0) is 49.3 Å². The molecule has 0 bridgehead atoms. The minimum absolute atomic E-state index is 0.0262. The monoisotopic (exact) mass is 330 g/mol. The highest BCUT2D eigenvalue weighted by molar-refractivity contribution is 6.10. The molecule has 0 aliphatic heterocycles. The van der Waals surface area contributed by atoms with E-state index in [0.29, 0.717) is 22.8 Å². The molecule has 0 heterocycles. The van der Waals surface area contributed by atoms with Crippen LogP contribution in [-0.4, -0.2) is 30.7 Å². The summed E-state index contributed by atoms with van der Waals surface area (Å²) in [7, 11) is 0. The molecule has 1 aromatic carbocycles. The fraction of sp³-hybridized carbons (Fsp3) is 0.526. The van der Waals surface area contributed by atoms with Crippen molar-refractivity contribution >= 4 is 17.6 Å². The maximum atomic E-state index is 12.5. The molecule has 0 unspecified atom stereocenters. The van der Waals surface area contributed by atoms with Gasteiger partial charge in [0.1, 0.15) is 6.54 Å². The Morgan fingerprint density at radius 3 is 2.54 bits per heavy atom. The second-order valence-electron chi connectivity index (χ2n) is 6.49. The van der Waals surface area contributed by atoms with E-state index in [1.165, 1.54) is 24.8 Å². The lowest BCUT2D eigenvalue weighted by atomic mass is 9.78. The molecular formula is C19H26N2O3. The second kappa shape index (κ2) is 8.08. The summed E-state index contributed by atoms with van der Waals surface area (Å²) >= 11 is 0. The predicted octanol–water partition coefficient (Wildman–Crippen LogP) is 3.27. The van der Waals surface area contributed by atoms with Crippen LogP contribution in [0, 0.1) is 11.3 Å². The summed E-state index contributed by atoms with van der Waals surface area (Å²) < 4.78 is 4.82. The summed E-state index contributed by atoms with van der Waals surface area (Å²) in [6.07, 6.45) is 3.58. The van der Waals surface area contributed by atoms with Gasteiger partial charge in [-0.3, -0.25) is 9.59 Å². The molecule has 130 valence electrons. The molecule has 5 heteroatoms. The highest BCUT2D eigenvalue weighted by Gasteiger charge is 2.23. The zero-order valence-electron chi connectivity index (χ0n) is 14.6. The van der Waals surface area contributed by atoms with E-state index >= 15 is 0 Å². The van der Waals surface area contributed by atoms with Crippen LogP contribution in [0.5, 0.6) is 0 Å². The van der Waals surface area contributed by atoms with Crippen molar-refractivity contribution in [2.24, 2.45) is 5.92 Å². The van der Waals surface area contributed by atoms with Gasteiger partial charge in [0.05, 0.1) is 6.61 Å². The van der Waals surface area contributed by atoms with E-state index in [1.54, 1.807) is 13.0 Å². The van der Waals surface area contributed by atoms with Crippen molar-refractivity contribution in [2.45, 2.75) is 46.0 Å². The van der Waals surface area contributed by atoms with Gasteiger partial charge in [-0.15, -0.1) is 0 Å². The Bertz CT molecular complexity index is 633. The first-order valence-corrected chi connectivity index (χ1v) is 8.60. The topological polar surface area (TPSA) is 79.2 Å². The average Bonchev–Trinajstić information content (AvgIpc) is 2.50. The lowest BCUT2D eigenvalue weighted by molar-refractivity contribution is -0.141. The number of rotatable bonds is 7. The third-order valence-electron chi connectivity index (χ3n) is 4.43. The van der Waals surface area contributed by atoms with Crippen LogP contribution in [-0.2, 0) is 9.53 Å². The SMILES string of the molecule is CCOC(=O)CNC(=O)c1ccc(C2CCC2)cc1C(=N)C(C)C. The third kappa shape index (κ3) is 4.22. The van der Waals surface area contributed by atoms with Crippen LogP contribution < -0.4 is 5.32 Å². The molecule has 0 spiro atoms. The van der Waals surface area contributed by atoms with Crippen molar-refractivity contribution < 1.29 is 14.3 Å². The molecule has 5 nitrogen and oxygen atoms in total. The molecule has 24 heavy (non-hydrogen) atoms. The Labute approximate surface area is 143 Å². The molecule has 2 rings (SSSR count). The Kier molecular flexibility index (Phi) is 6.12. The van der Waals surface area contributed by atoms with Crippen molar-refractivity contribution in [3.8, 4) is 0 Å². The number of hydrogen-bond acceptors (Lipinski definition) is 4. The lowest BCUT2D eigenvalue weighted by Gasteiger charge is -2.27. The molecular weight excluding hydrogens is 304 g/mol. The van der Waals surface area contributed by atoms with Crippen LogP contribution in [0.1, 0.15) is 67.4 Å². The van der Waals surface area contributed by atoms with Gasteiger partial charge in [0.25, 0.3) is 5.91 Å². The molecule has 1 aliphatic carbocycles. The van der Waals surface area contributed by atoms with Crippen molar-refractivity contribution in [3.63, 3.8) is 0 Å². The Balaban J connectivity index is 2.22. The summed E-state index contributed by atoms with van der Waals surface area (Å²) in [6, 6.07) is 5.73. The van der Waals surface area contributed by atoms with Crippen LogP contribution in [0.4, 0.5) is 0 Å². The van der Waals surface area contributed by atoms with Crippen LogP contribution in [0.2, 0.25) is 0 Å². The summed E-state index contributed by atoms with van der Waals surface area (Å²) in [4.78, 5) is 23.9. The molecule has 1 aliphatic rings. The number of hydrogen-bond donors (Lipinski definition) is 2. The number of esters is 1. The first kappa shape index (κ1) is 18.2. The molecule has 0 saturated heterocycles. The van der Waals surface area contributed by atoms with E-state index < -0.39 is 5.97 Å². The van der Waals surface area contributed by atoms with Crippen LogP contribution >= 0.6 is 0 Å². The predicted molar refractivity (Wildman–Crippen MR) is 93.7 cm³/mol. The maximum absolute atomic E-state index is 12.5. The maximum Gasteiger partial charge on any atom is 0.325 e. The summed E-state index contributed by atoms with van der Waals surface area (Å²) in [5.41, 5.74) is 2.75.